The van der Waals surface area contributed by atoms with Crippen LogP contribution in [0.5, 0.6) is 0 Å². The molecule has 1 saturated carbocycles. The van der Waals surface area contributed by atoms with Crippen molar-refractivity contribution in [3.63, 3.8) is 0 Å². The molecule has 2 aliphatic rings. The molecule has 6 heteroatoms. The van der Waals surface area contributed by atoms with Crippen molar-refractivity contribution in [1.82, 2.24) is 10.2 Å². The van der Waals surface area contributed by atoms with Gasteiger partial charge >= 0.3 is 12.0 Å². The summed E-state index contributed by atoms with van der Waals surface area (Å²) in [5.41, 5.74) is 0. The molecule has 0 radical (unpaired) electrons. The molecule has 102 valence electrons. The van der Waals surface area contributed by atoms with E-state index in [0.717, 1.165) is 37.4 Å². The summed E-state index contributed by atoms with van der Waals surface area (Å²) in [6.07, 6.45) is 2.92. The SMILES string of the molecule is O=C(O)C1CCC(NC(=O)N2CCSCC2)CC1. The number of nitrogens with zero attached hydrogens (tertiary/aromatic N) is 1. The molecule has 5 nitrogen and oxygen atoms in total. The summed E-state index contributed by atoms with van der Waals surface area (Å²) < 4.78 is 0. The largest absolute Gasteiger partial charge is 0.481 e. The maximum absolute atomic E-state index is 12.0. The number of carbonyl (C=O) groups is 2. The van der Waals surface area contributed by atoms with E-state index in [1.807, 2.05) is 16.7 Å². The minimum absolute atomic E-state index is 0.0223. The zero-order valence-electron chi connectivity index (χ0n) is 10.4. The molecule has 2 N–H and O–H groups in total. The van der Waals surface area contributed by atoms with Crippen LogP contribution in [0.4, 0.5) is 4.79 Å². The van der Waals surface area contributed by atoms with Crippen molar-refractivity contribution in [1.29, 1.82) is 0 Å². The Kier molecular flexibility index (Phi) is 4.74. The Morgan fingerprint density at radius 1 is 1.11 bits per heavy atom. The van der Waals surface area contributed by atoms with Crippen LogP contribution in [-0.2, 0) is 4.79 Å². The van der Waals surface area contributed by atoms with E-state index in [1.165, 1.54) is 0 Å². The van der Waals surface area contributed by atoms with Gasteiger partial charge in [-0.05, 0) is 25.7 Å². The molecule has 0 aromatic heterocycles. The number of nitrogens with one attached hydrogen (secondary N) is 1. The second-order valence-electron chi connectivity index (χ2n) is 4.94. The number of amides is 2. The van der Waals surface area contributed by atoms with Crippen LogP contribution in [0, 0.1) is 5.92 Å². The molecule has 0 bridgehead atoms. The van der Waals surface area contributed by atoms with Crippen molar-refractivity contribution in [2.24, 2.45) is 5.92 Å². The van der Waals surface area contributed by atoms with Gasteiger partial charge < -0.3 is 15.3 Å². The average Bonchev–Trinajstić information content (AvgIpc) is 2.40. The quantitative estimate of drug-likeness (QED) is 0.797. The predicted octanol–water partition coefficient (Wildman–Crippen LogP) is 1.39. The molecule has 0 unspecified atom stereocenters. The Labute approximate surface area is 111 Å². The third-order valence-corrected chi connectivity index (χ3v) is 4.64. The Morgan fingerprint density at radius 2 is 1.72 bits per heavy atom. The van der Waals surface area contributed by atoms with Gasteiger partial charge in [-0.25, -0.2) is 4.79 Å². The molecule has 1 aliphatic carbocycles. The van der Waals surface area contributed by atoms with Crippen molar-refractivity contribution in [3.05, 3.63) is 0 Å². The van der Waals surface area contributed by atoms with Crippen LogP contribution in [-0.4, -0.2) is 52.6 Å². The van der Waals surface area contributed by atoms with Crippen molar-refractivity contribution in [3.8, 4) is 0 Å². The molecule has 1 aliphatic heterocycles. The van der Waals surface area contributed by atoms with E-state index < -0.39 is 5.97 Å². The second kappa shape index (κ2) is 6.31. The minimum Gasteiger partial charge on any atom is -0.481 e. The van der Waals surface area contributed by atoms with Gasteiger partial charge in [0.15, 0.2) is 0 Å². The van der Waals surface area contributed by atoms with Gasteiger partial charge in [0.2, 0.25) is 0 Å². The Hall–Kier alpha value is -0.910. The first-order valence-corrected chi connectivity index (χ1v) is 7.68. The molecular formula is C12H20N2O3S. The number of aliphatic carboxylic acids is 1. The zero-order valence-corrected chi connectivity index (χ0v) is 11.2. The summed E-state index contributed by atoms with van der Waals surface area (Å²) in [6, 6.07) is 0.178. The number of rotatable bonds is 2. The summed E-state index contributed by atoms with van der Waals surface area (Å²) in [5.74, 6) is 1.11. The highest BCUT2D eigenvalue weighted by atomic mass is 32.2. The first-order valence-electron chi connectivity index (χ1n) is 6.53. The van der Waals surface area contributed by atoms with Crippen LogP contribution in [0.25, 0.3) is 0 Å². The minimum atomic E-state index is -0.701. The summed E-state index contributed by atoms with van der Waals surface area (Å²) in [7, 11) is 0. The molecule has 2 amide bonds. The number of carboxylic acids is 1. The molecule has 18 heavy (non-hydrogen) atoms. The number of carbonyl (C=O) groups excluding carboxylic acids is 1. The van der Waals surface area contributed by atoms with Crippen LogP contribution in [0.15, 0.2) is 0 Å². The lowest BCUT2D eigenvalue weighted by Crippen LogP contribution is -2.48. The van der Waals surface area contributed by atoms with E-state index in [4.69, 9.17) is 5.11 Å². The normalized spacial score (nSPS) is 28.8. The number of thioether (sulfide) groups is 1. The monoisotopic (exact) mass is 272 g/mol. The van der Waals surface area contributed by atoms with Crippen molar-refractivity contribution < 1.29 is 14.7 Å². The van der Waals surface area contributed by atoms with Gasteiger partial charge in [0, 0.05) is 30.6 Å². The molecular weight excluding hydrogens is 252 g/mol. The third kappa shape index (κ3) is 3.54. The summed E-state index contributed by atoms with van der Waals surface area (Å²) in [6.45, 7) is 1.64. The van der Waals surface area contributed by atoms with Gasteiger partial charge in [0.05, 0.1) is 5.92 Å². The fourth-order valence-corrected chi connectivity index (χ4v) is 3.42. The first kappa shape index (κ1) is 13.5. The number of hydrogen-bond donors (Lipinski definition) is 2. The lowest BCUT2D eigenvalue weighted by molar-refractivity contribution is -0.142. The molecule has 0 aromatic rings. The lowest BCUT2D eigenvalue weighted by Gasteiger charge is -2.31. The Balaban J connectivity index is 1.73. The molecule has 2 fully saturated rings. The highest BCUT2D eigenvalue weighted by Crippen LogP contribution is 2.24. The van der Waals surface area contributed by atoms with Crippen LogP contribution < -0.4 is 5.32 Å². The van der Waals surface area contributed by atoms with Crippen LogP contribution in [0.1, 0.15) is 25.7 Å². The second-order valence-corrected chi connectivity index (χ2v) is 6.16. The van der Waals surface area contributed by atoms with Gasteiger partial charge in [-0.1, -0.05) is 0 Å². The van der Waals surface area contributed by atoms with E-state index in [2.05, 4.69) is 5.32 Å². The Bertz CT molecular complexity index is 310. The number of carboxylic acid groups (broad SMARTS) is 1. The van der Waals surface area contributed by atoms with E-state index in [-0.39, 0.29) is 18.0 Å². The van der Waals surface area contributed by atoms with Crippen LogP contribution in [0.2, 0.25) is 0 Å². The summed E-state index contributed by atoms with van der Waals surface area (Å²) in [4.78, 5) is 24.7. The van der Waals surface area contributed by atoms with E-state index >= 15 is 0 Å². The smallest absolute Gasteiger partial charge is 0.317 e. The van der Waals surface area contributed by atoms with E-state index in [1.54, 1.807) is 0 Å². The van der Waals surface area contributed by atoms with Gasteiger partial charge in [-0.3, -0.25) is 4.79 Å². The average molecular weight is 272 g/mol. The molecule has 0 atom stereocenters. The third-order valence-electron chi connectivity index (χ3n) is 3.70. The van der Waals surface area contributed by atoms with Crippen molar-refractivity contribution in [2.45, 2.75) is 31.7 Å². The fourth-order valence-electron chi connectivity index (χ4n) is 2.52. The summed E-state index contributed by atoms with van der Waals surface area (Å²) in [5, 5.41) is 11.9. The summed E-state index contributed by atoms with van der Waals surface area (Å²) >= 11 is 1.88. The number of urea groups is 1. The fraction of sp³-hybridized carbons (Fsp3) is 0.833. The highest BCUT2D eigenvalue weighted by Gasteiger charge is 2.27. The van der Waals surface area contributed by atoms with Crippen molar-refractivity contribution >= 4 is 23.8 Å². The van der Waals surface area contributed by atoms with Crippen molar-refractivity contribution in [2.75, 3.05) is 24.6 Å². The molecule has 0 spiro atoms. The molecule has 0 aromatic carbocycles. The van der Waals surface area contributed by atoms with Gasteiger partial charge in [0.1, 0.15) is 0 Å². The first-order chi connectivity index (χ1) is 8.66. The molecule has 2 rings (SSSR count). The molecule has 1 saturated heterocycles. The topological polar surface area (TPSA) is 69.6 Å². The maximum atomic E-state index is 12.0. The van der Waals surface area contributed by atoms with Crippen LogP contribution in [0.3, 0.4) is 0 Å². The number of hydrogen-bond acceptors (Lipinski definition) is 3. The van der Waals surface area contributed by atoms with Gasteiger partial charge in [-0.15, -0.1) is 0 Å². The predicted molar refractivity (Wildman–Crippen MR) is 70.8 cm³/mol. The molecule has 1 heterocycles. The van der Waals surface area contributed by atoms with E-state index in [0.29, 0.717) is 12.8 Å². The van der Waals surface area contributed by atoms with Gasteiger partial charge in [-0.2, -0.15) is 11.8 Å². The standard InChI is InChI=1S/C12H20N2O3S/c15-11(16)9-1-3-10(4-2-9)13-12(17)14-5-7-18-8-6-14/h9-10H,1-8H2,(H,13,17)(H,15,16). The van der Waals surface area contributed by atoms with Gasteiger partial charge in [0.25, 0.3) is 0 Å². The van der Waals surface area contributed by atoms with Crippen LogP contribution >= 0.6 is 11.8 Å². The maximum Gasteiger partial charge on any atom is 0.317 e. The lowest BCUT2D eigenvalue weighted by atomic mass is 9.86. The van der Waals surface area contributed by atoms with E-state index in [9.17, 15) is 9.59 Å². The zero-order chi connectivity index (χ0) is 13.0. The Morgan fingerprint density at radius 3 is 2.28 bits per heavy atom. The highest BCUT2D eigenvalue weighted by molar-refractivity contribution is 7.99.